The number of carbonyl (C=O) groups excluding carboxylic acids is 3. The molecule has 4 saturated heterocycles. The average Bonchev–Trinajstić information content (AvgIpc) is 4.13. The molecule has 344 valence electrons. The summed E-state index contributed by atoms with van der Waals surface area (Å²) in [7, 11) is 1.24. The monoisotopic (exact) mass is 886 g/mol. The molecule has 63 heavy (non-hydrogen) atoms. The summed E-state index contributed by atoms with van der Waals surface area (Å²) in [4.78, 5) is 62.7. The van der Waals surface area contributed by atoms with E-state index in [1.807, 2.05) is 13.8 Å². The quantitative estimate of drug-likeness (QED) is 0.0603. The first kappa shape index (κ1) is 45.5. The van der Waals surface area contributed by atoms with Crippen molar-refractivity contribution in [3.05, 3.63) is 12.7 Å². The third kappa shape index (κ3) is 9.83. The number of ether oxygens (including phenoxy) is 7. The van der Waals surface area contributed by atoms with Gasteiger partial charge in [-0.05, 0) is 26.7 Å². The number of nitrogens with zero attached hydrogens (tertiary/aromatic N) is 8. The van der Waals surface area contributed by atoms with Crippen molar-refractivity contribution in [2.45, 2.75) is 108 Å². The minimum atomic E-state index is -1.23. The molecule has 0 saturated carbocycles. The lowest BCUT2D eigenvalue weighted by Gasteiger charge is -2.24. The summed E-state index contributed by atoms with van der Waals surface area (Å²) in [5.41, 5.74) is 1.84. The van der Waals surface area contributed by atoms with E-state index in [4.69, 9.17) is 38.1 Å². The average molecular weight is 887 g/mol. The van der Waals surface area contributed by atoms with Crippen LogP contribution in [0.4, 0.5) is 23.5 Å². The lowest BCUT2D eigenvalue weighted by Crippen LogP contribution is -2.39. The fourth-order valence-electron chi connectivity index (χ4n) is 7.83. The zero-order valence-corrected chi connectivity index (χ0v) is 35.5. The molecule has 10 atom stereocenters. The van der Waals surface area contributed by atoms with E-state index in [-0.39, 0.29) is 18.5 Å². The fourth-order valence-corrected chi connectivity index (χ4v) is 7.83. The summed E-state index contributed by atoms with van der Waals surface area (Å²) >= 11 is 0. The second kappa shape index (κ2) is 20.3. The fraction of sp³-hybridized carbons (Fsp3) is 0.658. The number of anilines is 4. The molecule has 4 aliphatic heterocycles. The summed E-state index contributed by atoms with van der Waals surface area (Å²) in [5, 5.41) is 42.9. The molecule has 8 rings (SSSR count). The Balaban J connectivity index is 0.000000196. The van der Waals surface area contributed by atoms with Gasteiger partial charge in [0.25, 0.3) is 0 Å². The van der Waals surface area contributed by atoms with Gasteiger partial charge in [-0.25, -0.2) is 29.9 Å². The van der Waals surface area contributed by atoms with Crippen LogP contribution in [0.5, 0.6) is 0 Å². The number of nitrogens with one attached hydrogen (secondary N) is 4. The highest BCUT2D eigenvalue weighted by Gasteiger charge is 2.52. The predicted octanol–water partition coefficient (Wildman–Crippen LogP) is -0.147. The number of hydrogen-bond acceptors (Lipinski definition) is 23. The Bertz CT molecular complexity index is 2210. The van der Waals surface area contributed by atoms with Gasteiger partial charge in [0.05, 0.1) is 45.4 Å². The van der Waals surface area contributed by atoms with Gasteiger partial charge in [0.15, 0.2) is 58.6 Å². The number of esters is 3. The summed E-state index contributed by atoms with van der Waals surface area (Å²) in [6.07, 6.45) is -4.11. The Labute approximate surface area is 360 Å². The van der Waals surface area contributed by atoms with Gasteiger partial charge >= 0.3 is 17.9 Å². The summed E-state index contributed by atoms with van der Waals surface area (Å²) in [5.74, 6) is 0.0886. The highest BCUT2D eigenvalue weighted by molar-refractivity contribution is 5.86. The van der Waals surface area contributed by atoms with Crippen LogP contribution in [0.25, 0.3) is 22.3 Å². The Morgan fingerprint density at radius 1 is 0.746 bits per heavy atom. The molecule has 0 bridgehead atoms. The second-order valence-electron chi connectivity index (χ2n) is 15.1. The van der Waals surface area contributed by atoms with E-state index < -0.39 is 73.6 Å². The number of carbonyl (C=O) groups is 3. The van der Waals surface area contributed by atoms with Crippen molar-refractivity contribution in [2.75, 3.05) is 74.5 Å². The summed E-state index contributed by atoms with van der Waals surface area (Å²) in [6, 6.07) is 0.217. The van der Waals surface area contributed by atoms with Crippen LogP contribution in [0.2, 0.25) is 0 Å². The number of aliphatic hydroxyl groups excluding tert-OH is 3. The highest BCUT2D eigenvalue weighted by Crippen LogP contribution is 2.40. The van der Waals surface area contributed by atoms with E-state index >= 15 is 0 Å². The number of methoxy groups -OCH3 is 1. The van der Waals surface area contributed by atoms with Crippen molar-refractivity contribution < 1.29 is 62.9 Å². The van der Waals surface area contributed by atoms with E-state index in [9.17, 15) is 29.7 Å². The maximum absolute atomic E-state index is 12.1. The van der Waals surface area contributed by atoms with E-state index in [0.29, 0.717) is 85.4 Å². The Morgan fingerprint density at radius 2 is 1.25 bits per heavy atom. The van der Waals surface area contributed by atoms with Crippen LogP contribution in [0, 0.1) is 0 Å². The molecule has 0 amide bonds. The third-order valence-corrected chi connectivity index (χ3v) is 10.7. The van der Waals surface area contributed by atoms with Crippen molar-refractivity contribution in [3.63, 3.8) is 0 Å². The Morgan fingerprint density at radius 3 is 1.70 bits per heavy atom. The number of fused-ring (bicyclic) bond motifs is 2. The number of aromatic nitrogens is 8. The van der Waals surface area contributed by atoms with Crippen LogP contribution in [0.15, 0.2) is 12.7 Å². The molecule has 25 nitrogen and oxygen atoms in total. The molecular weight excluding hydrogens is 832 g/mol. The maximum atomic E-state index is 12.1. The molecule has 4 aromatic heterocycles. The second-order valence-corrected chi connectivity index (χ2v) is 15.1. The largest absolute Gasteiger partial charge is 0.469 e. The topological polar surface area (TPSA) is 312 Å². The summed E-state index contributed by atoms with van der Waals surface area (Å²) in [6.45, 7) is 9.47. The molecule has 0 aliphatic carbocycles. The molecule has 0 radical (unpaired) electrons. The minimum absolute atomic E-state index is 0.0742. The minimum Gasteiger partial charge on any atom is -0.469 e. The molecule has 8 heterocycles. The molecule has 10 unspecified atom stereocenters. The maximum Gasteiger partial charge on any atom is 0.308 e. The molecular formula is C38H54N12O13. The number of rotatable bonds is 15. The lowest BCUT2D eigenvalue weighted by molar-refractivity contribution is -0.165. The number of hydrogen-bond donors (Lipinski definition) is 7. The molecule has 4 aromatic rings. The van der Waals surface area contributed by atoms with Crippen molar-refractivity contribution in [1.29, 1.82) is 0 Å². The zero-order chi connectivity index (χ0) is 44.8. The van der Waals surface area contributed by atoms with Gasteiger partial charge in [-0.1, -0.05) is 0 Å². The SMILES string of the molecule is CCNc1nc2c(NC3CCOC3)ncnc2n1C1OC(CC(=O)OC)C(OC(C)=O)C1OC(C)=O.CCNc1nc2c(NC3CCOC3)ncnc2n1C1OC(CO)C(O)C1O. The van der Waals surface area contributed by atoms with Crippen LogP contribution in [-0.4, -0.2) is 174 Å². The van der Waals surface area contributed by atoms with Gasteiger partial charge in [-0.15, -0.1) is 0 Å². The first-order valence-corrected chi connectivity index (χ1v) is 20.8. The van der Waals surface area contributed by atoms with E-state index in [2.05, 4.69) is 46.2 Å². The van der Waals surface area contributed by atoms with Gasteiger partial charge in [0, 0.05) is 40.2 Å². The molecule has 0 aromatic carbocycles. The molecule has 25 heteroatoms. The first-order valence-electron chi connectivity index (χ1n) is 20.8. The van der Waals surface area contributed by atoms with Crippen molar-refractivity contribution in [2.24, 2.45) is 0 Å². The zero-order valence-electron chi connectivity index (χ0n) is 35.5. The number of aliphatic hydroxyl groups is 3. The van der Waals surface area contributed by atoms with Crippen LogP contribution in [-0.2, 0) is 47.5 Å². The molecule has 0 spiro atoms. The summed E-state index contributed by atoms with van der Waals surface area (Å²) < 4.78 is 41.8. The van der Waals surface area contributed by atoms with Gasteiger partial charge in [-0.3, -0.25) is 23.5 Å². The van der Waals surface area contributed by atoms with Gasteiger partial charge in [-0.2, -0.15) is 0 Å². The van der Waals surface area contributed by atoms with Gasteiger partial charge in [0.1, 0.15) is 37.1 Å². The Kier molecular flexibility index (Phi) is 14.6. The highest BCUT2D eigenvalue weighted by atomic mass is 16.6. The van der Waals surface area contributed by atoms with Crippen molar-refractivity contribution in [3.8, 4) is 0 Å². The number of imidazole rings is 2. The van der Waals surface area contributed by atoms with E-state index in [0.717, 1.165) is 12.8 Å². The van der Waals surface area contributed by atoms with Crippen LogP contribution in [0.3, 0.4) is 0 Å². The third-order valence-electron chi connectivity index (χ3n) is 10.7. The molecule has 4 aliphatic rings. The smallest absolute Gasteiger partial charge is 0.308 e. The van der Waals surface area contributed by atoms with E-state index in [1.54, 1.807) is 9.13 Å². The normalized spacial score (nSPS) is 27.8. The molecule has 7 N–H and O–H groups in total. The van der Waals surface area contributed by atoms with Crippen molar-refractivity contribution >= 4 is 63.8 Å². The van der Waals surface area contributed by atoms with Crippen LogP contribution in [0.1, 0.15) is 59.4 Å². The first-order chi connectivity index (χ1) is 30.5. The molecule has 4 fully saturated rings. The van der Waals surface area contributed by atoms with Crippen LogP contribution < -0.4 is 21.3 Å². The van der Waals surface area contributed by atoms with Crippen molar-refractivity contribution in [1.82, 2.24) is 39.0 Å². The van der Waals surface area contributed by atoms with Crippen LogP contribution >= 0.6 is 0 Å². The predicted molar refractivity (Wildman–Crippen MR) is 219 cm³/mol. The van der Waals surface area contributed by atoms with E-state index in [1.165, 1.54) is 33.6 Å². The van der Waals surface area contributed by atoms with Gasteiger partial charge < -0.3 is 69.7 Å². The van der Waals surface area contributed by atoms with Gasteiger partial charge in [0.2, 0.25) is 11.9 Å². The lowest BCUT2D eigenvalue weighted by atomic mass is 10.1. The Hall–Kier alpha value is -5.57. The standard InChI is InChI=1S/C22H30N6O8.C16H24N6O5/c1-5-23-22-27-16-19(26-13-6-7-33-9-13)24-10-25-20(16)28(22)21-18(35-12(3)30)17(34-11(2)29)14(36-21)8-15(31)32-4;1-2-17-16-21-10-13(20-8-3-4-26-6-8)18-7-19-14(10)22(16)15-12(25)11(24)9(5-23)27-15/h10,13-14,17-18,21H,5-9H2,1-4H3,(H,23,27)(H,24,25,26);7-9,11-12,15,23-25H,2-6H2,1H3,(H,17,21)(H,18,19,20).